The first-order valence-electron chi connectivity index (χ1n) is 6.04. The van der Waals surface area contributed by atoms with Crippen molar-refractivity contribution in [2.75, 3.05) is 6.54 Å². The number of hydrogen-bond acceptors (Lipinski definition) is 2. The first-order valence-corrected chi connectivity index (χ1v) is 6.83. The maximum atomic E-state index is 4.57. The first kappa shape index (κ1) is 12.1. The number of nitrogens with one attached hydrogen (secondary N) is 1. The van der Waals surface area contributed by atoms with Gasteiger partial charge in [-0.05, 0) is 62.5 Å². The van der Waals surface area contributed by atoms with E-state index in [1.54, 1.807) is 0 Å². The quantitative estimate of drug-likeness (QED) is 0.902. The standard InChI is InChI=1S/C12H20BrN3/c1-8(6-7-14-11-4-5-11)16-10(3)12(13)9(2)15-16/h8,11,14H,4-7H2,1-3H3. The van der Waals surface area contributed by atoms with E-state index in [-0.39, 0.29) is 0 Å². The fourth-order valence-electron chi connectivity index (χ4n) is 1.98. The highest BCUT2D eigenvalue weighted by Gasteiger charge is 2.20. The van der Waals surface area contributed by atoms with Crippen LogP contribution in [-0.4, -0.2) is 22.4 Å². The lowest BCUT2D eigenvalue weighted by Gasteiger charge is -2.14. The van der Waals surface area contributed by atoms with Gasteiger partial charge in [-0.15, -0.1) is 0 Å². The summed E-state index contributed by atoms with van der Waals surface area (Å²) in [6.45, 7) is 7.50. The highest BCUT2D eigenvalue weighted by Crippen LogP contribution is 2.24. The summed E-state index contributed by atoms with van der Waals surface area (Å²) in [7, 11) is 0. The molecule has 2 rings (SSSR count). The number of halogens is 1. The predicted octanol–water partition coefficient (Wildman–Crippen LogP) is 2.97. The van der Waals surface area contributed by atoms with E-state index in [1.165, 1.54) is 18.5 Å². The molecule has 90 valence electrons. The summed E-state index contributed by atoms with van der Waals surface area (Å²) in [5.74, 6) is 0. The Morgan fingerprint density at radius 2 is 2.19 bits per heavy atom. The van der Waals surface area contributed by atoms with E-state index in [2.05, 4.69) is 44.9 Å². The highest BCUT2D eigenvalue weighted by atomic mass is 79.9. The Morgan fingerprint density at radius 3 is 2.69 bits per heavy atom. The van der Waals surface area contributed by atoms with Crippen LogP contribution in [0.15, 0.2) is 4.47 Å². The molecule has 16 heavy (non-hydrogen) atoms. The highest BCUT2D eigenvalue weighted by molar-refractivity contribution is 9.10. The van der Waals surface area contributed by atoms with Gasteiger partial charge in [0.05, 0.1) is 21.9 Å². The van der Waals surface area contributed by atoms with Crippen LogP contribution < -0.4 is 5.32 Å². The maximum absolute atomic E-state index is 4.57. The average Bonchev–Trinajstić information content (AvgIpc) is 3.03. The monoisotopic (exact) mass is 285 g/mol. The van der Waals surface area contributed by atoms with E-state index in [1.807, 2.05) is 6.92 Å². The summed E-state index contributed by atoms with van der Waals surface area (Å²) < 4.78 is 3.28. The zero-order chi connectivity index (χ0) is 11.7. The smallest absolute Gasteiger partial charge is 0.0738 e. The molecule has 0 aliphatic heterocycles. The maximum Gasteiger partial charge on any atom is 0.0738 e. The largest absolute Gasteiger partial charge is 0.314 e. The number of aryl methyl sites for hydroxylation is 1. The van der Waals surface area contributed by atoms with Gasteiger partial charge in [0, 0.05) is 6.04 Å². The van der Waals surface area contributed by atoms with Crippen molar-refractivity contribution < 1.29 is 0 Å². The number of aromatic nitrogens is 2. The molecule has 1 aromatic rings. The van der Waals surface area contributed by atoms with Crippen molar-refractivity contribution in [2.24, 2.45) is 0 Å². The van der Waals surface area contributed by atoms with Gasteiger partial charge in [-0.3, -0.25) is 4.68 Å². The normalized spacial score (nSPS) is 17.8. The van der Waals surface area contributed by atoms with Gasteiger partial charge in [0.2, 0.25) is 0 Å². The minimum Gasteiger partial charge on any atom is -0.314 e. The van der Waals surface area contributed by atoms with Crippen LogP contribution in [0, 0.1) is 13.8 Å². The molecule has 0 bridgehead atoms. The van der Waals surface area contributed by atoms with E-state index >= 15 is 0 Å². The number of hydrogen-bond donors (Lipinski definition) is 1. The lowest BCUT2D eigenvalue weighted by Crippen LogP contribution is -2.21. The van der Waals surface area contributed by atoms with E-state index in [0.717, 1.165) is 29.2 Å². The number of nitrogens with zero attached hydrogens (tertiary/aromatic N) is 2. The van der Waals surface area contributed by atoms with Crippen molar-refractivity contribution in [3.05, 3.63) is 15.9 Å². The summed E-state index contributed by atoms with van der Waals surface area (Å²) in [6, 6.07) is 1.27. The Kier molecular flexibility index (Phi) is 3.70. The van der Waals surface area contributed by atoms with Gasteiger partial charge < -0.3 is 5.32 Å². The molecular weight excluding hydrogens is 266 g/mol. The fourth-order valence-corrected chi connectivity index (χ4v) is 2.24. The van der Waals surface area contributed by atoms with Crippen molar-refractivity contribution in [3.8, 4) is 0 Å². The summed E-state index contributed by atoms with van der Waals surface area (Å²) in [5, 5.41) is 8.11. The molecule has 1 saturated carbocycles. The molecule has 1 aliphatic rings. The molecule has 4 heteroatoms. The van der Waals surface area contributed by atoms with Gasteiger partial charge in [0.15, 0.2) is 0 Å². The van der Waals surface area contributed by atoms with E-state index in [9.17, 15) is 0 Å². The molecule has 0 amide bonds. The van der Waals surface area contributed by atoms with Gasteiger partial charge in [-0.25, -0.2) is 0 Å². The Hall–Kier alpha value is -0.350. The van der Waals surface area contributed by atoms with Crippen molar-refractivity contribution in [3.63, 3.8) is 0 Å². The molecule has 3 nitrogen and oxygen atoms in total. The third-order valence-corrected chi connectivity index (χ3v) is 4.37. The van der Waals surface area contributed by atoms with Crippen molar-refractivity contribution in [2.45, 2.75) is 52.1 Å². The van der Waals surface area contributed by atoms with Crippen molar-refractivity contribution in [1.29, 1.82) is 0 Å². The molecule has 0 radical (unpaired) electrons. The SMILES string of the molecule is Cc1nn(C(C)CCNC2CC2)c(C)c1Br. The minimum absolute atomic E-state index is 0.469. The van der Waals surface area contributed by atoms with E-state index < -0.39 is 0 Å². The average molecular weight is 286 g/mol. The molecular formula is C12H20BrN3. The van der Waals surface area contributed by atoms with Gasteiger partial charge in [0.25, 0.3) is 0 Å². The van der Waals surface area contributed by atoms with Crippen LogP contribution in [0.1, 0.15) is 43.6 Å². The minimum atomic E-state index is 0.469. The van der Waals surface area contributed by atoms with Gasteiger partial charge in [-0.1, -0.05) is 0 Å². The van der Waals surface area contributed by atoms with E-state index in [4.69, 9.17) is 0 Å². The van der Waals surface area contributed by atoms with Crippen LogP contribution in [-0.2, 0) is 0 Å². The Balaban J connectivity index is 1.91. The van der Waals surface area contributed by atoms with Crippen LogP contribution in [0.4, 0.5) is 0 Å². The zero-order valence-corrected chi connectivity index (χ0v) is 11.8. The molecule has 1 atom stereocenters. The Morgan fingerprint density at radius 1 is 1.50 bits per heavy atom. The zero-order valence-electron chi connectivity index (χ0n) is 10.3. The lowest BCUT2D eigenvalue weighted by molar-refractivity contribution is 0.433. The van der Waals surface area contributed by atoms with E-state index in [0.29, 0.717) is 6.04 Å². The summed E-state index contributed by atoms with van der Waals surface area (Å²) in [6.07, 6.45) is 3.87. The molecule has 0 saturated heterocycles. The summed E-state index contributed by atoms with van der Waals surface area (Å²) in [5.41, 5.74) is 2.32. The van der Waals surface area contributed by atoms with Crippen molar-refractivity contribution in [1.82, 2.24) is 15.1 Å². The summed E-state index contributed by atoms with van der Waals surface area (Å²) in [4.78, 5) is 0. The van der Waals surface area contributed by atoms with Crippen LogP contribution in [0.25, 0.3) is 0 Å². The van der Waals surface area contributed by atoms with Gasteiger partial charge in [0.1, 0.15) is 0 Å². The third kappa shape index (κ3) is 2.66. The van der Waals surface area contributed by atoms with Crippen LogP contribution >= 0.6 is 15.9 Å². The molecule has 0 aromatic carbocycles. The van der Waals surface area contributed by atoms with Crippen molar-refractivity contribution >= 4 is 15.9 Å². The van der Waals surface area contributed by atoms with Gasteiger partial charge in [-0.2, -0.15) is 5.10 Å². The second-order valence-corrected chi connectivity index (χ2v) is 5.59. The van der Waals surface area contributed by atoms with Crippen LogP contribution in [0.2, 0.25) is 0 Å². The lowest BCUT2D eigenvalue weighted by atomic mass is 10.2. The molecule has 1 heterocycles. The van der Waals surface area contributed by atoms with Crippen LogP contribution in [0.5, 0.6) is 0 Å². The second-order valence-electron chi connectivity index (χ2n) is 4.80. The molecule has 0 spiro atoms. The second kappa shape index (κ2) is 4.88. The molecule has 1 unspecified atom stereocenters. The molecule has 1 N–H and O–H groups in total. The molecule has 1 aromatic heterocycles. The Bertz CT molecular complexity index is 369. The first-order chi connectivity index (χ1) is 7.59. The molecule has 1 fully saturated rings. The van der Waals surface area contributed by atoms with Gasteiger partial charge >= 0.3 is 0 Å². The summed E-state index contributed by atoms with van der Waals surface area (Å²) >= 11 is 3.57. The topological polar surface area (TPSA) is 29.9 Å². The van der Waals surface area contributed by atoms with Crippen LogP contribution in [0.3, 0.4) is 0 Å². The molecule has 1 aliphatic carbocycles. The fraction of sp³-hybridized carbons (Fsp3) is 0.750. The Labute approximate surface area is 106 Å². The third-order valence-electron chi connectivity index (χ3n) is 3.23. The number of rotatable bonds is 5. The predicted molar refractivity (Wildman–Crippen MR) is 69.8 cm³/mol.